The topological polar surface area (TPSA) is 100 Å². The average Bonchev–Trinajstić information content (AvgIpc) is 2.97. The van der Waals surface area contributed by atoms with Gasteiger partial charge in [-0.15, -0.1) is 11.6 Å². The van der Waals surface area contributed by atoms with E-state index >= 15 is 0 Å². The number of nitriles is 1. The smallest absolute Gasteiger partial charge is 0.273 e. The van der Waals surface area contributed by atoms with Crippen molar-refractivity contribution < 1.29 is 18.8 Å². The van der Waals surface area contributed by atoms with Gasteiger partial charge in [-0.1, -0.05) is 59.2 Å². The number of thiol groups is 1. The maximum Gasteiger partial charge on any atom is 0.273 e. The number of nitrogens with one attached hydrogen (secondary N) is 1. The van der Waals surface area contributed by atoms with Gasteiger partial charge in [-0.05, 0) is 59.3 Å². The van der Waals surface area contributed by atoms with E-state index in [-0.39, 0.29) is 17.4 Å². The summed E-state index contributed by atoms with van der Waals surface area (Å²) in [5.41, 5.74) is 6.87. The Bertz CT molecular complexity index is 1280. The van der Waals surface area contributed by atoms with E-state index in [0.717, 1.165) is 35.1 Å². The summed E-state index contributed by atoms with van der Waals surface area (Å²) in [6.45, 7) is 14.7. The second-order valence-electron chi connectivity index (χ2n) is 10.1. The minimum Gasteiger partial charge on any atom is -0.491 e. The molecular formula is C31H43ClN5O3S+. The molecule has 0 aliphatic heterocycles. The second kappa shape index (κ2) is 15.8. The van der Waals surface area contributed by atoms with E-state index in [9.17, 15) is 10.5 Å². The molecule has 1 unspecified atom stereocenters. The summed E-state index contributed by atoms with van der Waals surface area (Å²) in [5, 5.41) is 20.0. The van der Waals surface area contributed by atoms with E-state index in [2.05, 4.69) is 61.1 Å². The Balaban J connectivity index is 0.00000287. The maximum atomic E-state index is 10.2. The van der Waals surface area contributed by atoms with Crippen LogP contribution in [0.15, 0.2) is 48.8 Å². The van der Waals surface area contributed by atoms with Crippen molar-refractivity contribution in [3.63, 3.8) is 0 Å². The lowest BCUT2D eigenvalue weighted by Gasteiger charge is -2.28. The standard InChI is InChI=1S/C29H37ClN5O3S.C2H6/c1-6-7-22-14-25(15-23(16-31)27(22)37-13-12-30)29(4,5)24-8-10-26(11-9-24)38-19-21-17-32-28(33-18-21)34-35(36,39)20(2)3;1-2/h8-11,14-15,17-18,20,36,39H,6-7,12-13,19H2,1-5H3,(H,32,33,34);1-2H3/q+1;. The Morgan fingerprint density at radius 2 is 1.73 bits per heavy atom. The maximum absolute atomic E-state index is 10.2. The van der Waals surface area contributed by atoms with Crippen LogP contribution < -0.4 is 14.9 Å². The zero-order chi connectivity index (χ0) is 30.6. The Labute approximate surface area is 255 Å². The molecule has 1 aromatic heterocycles. The van der Waals surface area contributed by atoms with Crippen LogP contribution in [0.2, 0.25) is 0 Å². The first-order chi connectivity index (χ1) is 19.5. The number of halogens is 1. The zero-order valence-electron chi connectivity index (χ0n) is 25.1. The zero-order valence-corrected chi connectivity index (χ0v) is 26.8. The van der Waals surface area contributed by atoms with Gasteiger partial charge in [0.15, 0.2) is 6.04 Å². The lowest BCUT2D eigenvalue weighted by atomic mass is 9.76. The summed E-state index contributed by atoms with van der Waals surface area (Å²) in [5.74, 6) is 1.98. The quantitative estimate of drug-likeness (QED) is 0.0802. The van der Waals surface area contributed by atoms with Crippen molar-refractivity contribution in [1.29, 1.82) is 5.26 Å². The van der Waals surface area contributed by atoms with Crippen LogP contribution in [0.3, 0.4) is 0 Å². The average molecular weight is 601 g/mol. The van der Waals surface area contributed by atoms with Crippen LogP contribution in [0.1, 0.15) is 82.7 Å². The number of rotatable bonds is 13. The first-order valence-electron chi connectivity index (χ1n) is 13.9. The van der Waals surface area contributed by atoms with Crippen molar-refractivity contribution in [1.82, 2.24) is 9.97 Å². The Morgan fingerprint density at radius 1 is 1.10 bits per heavy atom. The van der Waals surface area contributed by atoms with Crippen molar-refractivity contribution in [2.45, 2.75) is 79.4 Å². The fraction of sp³-hybridized carbons (Fsp3) is 0.452. The van der Waals surface area contributed by atoms with E-state index < -0.39 is 4.16 Å². The van der Waals surface area contributed by atoms with Crippen LogP contribution in [0.4, 0.5) is 5.95 Å². The molecule has 0 fully saturated rings. The molecule has 3 rings (SSSR count). The van der Waals surface area contributed by atoms with E-state index in [1.165, 1.54) is 0 Å². The molecule has 8 nitrogen and oxygen atoms in total. The third-order valence-corrected chi connectivity index (χ3v) is 7.24. The molecule has 0 bridgehead atoms. The van der Waals surface area contributed by atoms with Gasteiger partial charge < -0.3 is 9.47 Å². The van der Waals surface area contributed by atoms with Crippen LogP contribution >= 0.6 is 24.4 Å². The van der Waals surface area contributed by atoms with Crippen LogP contribution in [0, 0.1) is 11.3 Å². The number of ether oxygens (including phenoxy) is 2. The number of benzene rings is 2. The summed E-state index contributed by atoms with van der Waals surface area (Å²) in [4.78, 5) is 8.46. The Kier molecular flexibility index (Phi) is 13.2. The molecule has 3 aromatic rings. The SMILES string of the molecule is CC.CCCc1cc(C(C)(C)c2ccc(OCc3cnc(N[N+](O)(S)C(C)C)nc3)cc2)cc(C#N)c1OCCCl. The molecule has 222 valence electrons. The second-order valence-corrected chi connectivity index (χ2v) is 11.1. The van der Waals surface area contributed by atoms with Gasteiger partial charge in [0.05, 0.1) is 11.4 Å². The Morgan fingerprint density at radius 3 is 2.27 bits per heavy atom. The van der Waals surface area contributed by atoms with Gasteiger partial charge >= 0.3 is 0 Å². The highest BCUT2D eigenvalue weighted by Gasteiger charge is 2.28. The number of aromatic nitrogens is 2. The largest absolute Gasteiger partial charge is 0.491 e. The number of quaternary nitrogens is 1. The van der Waals surface area contributed by atoms with Crippen LogP contribution in [-0.4, -0.2) is 37.9 Å². The van der Waals surface area contributed by atoms with E-state index in [4.69, 9.17) is 21.1 Å². The molecule has 2 aromatic carbocycles. The van der Waals surface area contributed by atoms with Crippen LogP contribution in [0.25, 0.3) is 0 Å². The van der Waals surface area contributed by atoms with Gasteiger partial charge in [-0.25, -0.2) is 9.97 Å². The van der Waals surface area contributed by atoms with Crippen molar-refractivity contribution in [2.24, 2.45) is 0 Å². The number of nitrogens with zero attached hydrogens (tertiary/aromatic N) is 4. The molecule has 0 radical (unpaired) electrons. The normalized spacial score (nSPS) is 12.5. The minimum atomic E-state index is -0.720. The summed E-state index contributed by atoms with van der Waals surface area (Å²) in [6.07, 6.45) is 5.04. The lowest BCUT2D eigenvalue weighted by Crippen LogP contribution is -2.46. The molecule has 1 heterocycles. The number of aryl methyl sites for hydroxylation is 1. The third kappa shape index (κ3) is 9.23. The first-order valence-corrected chi connectivity index (χ1v) is 14.9. The predicted octanol–water partition coefficient (Wildman–Crippen LogP) is 7.64. The summed E-state index contributed by atoms with van der Waals surface area (Å²) in [7, 11) is 0. The highest BCUT2D eigenvalue weighted by atomic mass is 35.5. The highest BCUT2D eigenvalue weighted by molar-refractivity contribution is 7.74. The van der Waals surface area contributed by atoms with Crippen LogP contribution in [-0.2, 0) is 18.4 Å². The molecule has 0 aliphatic carbocycles. The summed E-state index contributed by atoms with van der Waals surface area (Å²) in [6, 6.07) is 14.1. The van der Waals surface area contributed by atoms with Crippen LogP contribution in [0.5, 0.6) is 11.5 Å². The van der Waals surface area contributed by atoms with E-state index in [0.29, 0.717) is 36.2 Å². The van der Waals surface area contributed by atoms with Gasteiger partial charge in [0.25, 0.3) is 5.95 Å². The number of hydrogen-bond acceptors (Lipinski definition) is 8. The summed E-state index contributed by atoms with van der Waals surface area (Å²) < 4.78 is 11.1. The predicted molar refractivity (Wildman–Crippen MR) is 167 cm³/mol. The van der Waals surface area contributed by atoms with Gasteiger partial charge in [0.1, 0.15) is 43.6 Å². The Hall–Kier alpha value is -3.03. The van der Waals surface area contributed by atoms with Gasteiger partial charge in [-0.2, -0.15) is 15.9 Å². The molecule has 10 heteroatoms. The van der Waals surface area contributed by atoms with Crippen molar-refractivity contribution in [3.05, 3.63) is 76.6 Å². The monoisotopic (exact) mass is 600 g/mol. The first kappa shape index (κ1) is 34.2. The third-order valence-electron chi connectivity index (χ3n) is 6.52. The number of alkyl halides is 1. The lowest BCUT2D eigenvalue weighted by molar-refractivity contribution is -0.989. The number of hydrogen-bond donors (Lipinski definition) is 3. The highest BCUT2D eigenvalue weighted by Crippen LogP contribution is 2.37. The van der Waals surface area contributed by atoms with Gasteiger partial charge in [0.2, 0.25) is 0 Å². The fourth-order valence-corrected chi connectivity index (χ4v) is 4.13. The van der Waals surface area contributed by atoms with Crippen molar-refractivity contribution >= 4 is 30.4 Å². The summed E-state index contributed by atoms with van der Waals surface area (Å²) >= 11 is 9.98. The van der Waals surface area contributed by atoms with Crippen molar-refractivity contribution in [2.75, 3.05) is 17.9 Å². The molecule has 0 amide bonds. The van der Waals surface area contributed by atoms with E-state index in [1.54, 1.807) is 12.4 Å². The molecule has 0 aliphatic rings. The fourth-order valence-electron chi connectivity index (χ4n) is 3.96. The molecule has 2 N–H and O–H groups in total. The minimum absolute atomic E-state index is 0.200. The molecule has 0 saturated heterocycles. The number of hydroxylamine groups is 1. The van der Waals surface area contributed by atoms with Gasteiger partial charge in [-0.3, -0.25) is 0 Å². The molecule has 41 heavy (non-hydrogen) atoms. The van der Waals surface area contributed by atoms with Crippen molar-refractivity contribution in [3.8, 4) is 17.6 Å². The molecule has 0 spiro atoms. The molecule has 0 saturated carbocycles. The molecular weight excluding hydrogens is 558 g/mol. The van der Waals surface area contributed by atoms with E-state index in [1.807, 2.05) is 58.0 Å². The number of anilines is 1. The molecule has 1 atom stereocenters. The van der Waals surface area contributed by atoms with Gasteiger partial charge in [0, 0.05) is 23.4 Å².